The lowest BCUT2D eigenvalue weighted by atomic mass is 10.0. The highest BCUT2D eigenvalue weighted by Crippen LogP contribution is 2.19. The Morgan fingerprint density at radius 1 is 1.37 bits per heavy atom. The topological polar surface area (TPSA) is 87.0 Å². The second-order valence-corrected chi connectivity index (χ2v) is 5.11. The van der Waals surface area contributed by atoms with Crippen LogP contribution >= 0.6 is 0 Å². The van der Waals surface area contributed by atoms with Gasteiger partial charge in [0.1, 0.15) is 18.3 Å². The van der Waals surface area contributed by atoms with Crippen LogP contribution in [0.5, 0.6) is 0 Å². The van der Waals surface area contributed by atoms with Gasteiger partial charge in [-0.05, 0) is 32.6 Å². The van der Waals surface area contributed by atoms with Crippen LogP contribution in [0.3, 0.4) is 0 Å². The molecule has 0 aliphatic carbocycles. The minimum Gasteiger partial charge on any atom is -0.459 e. The second kappa shape index (κ2) is 8.30. The quantitative estimate of drug-likeness (QED) is 0.347. The summed E-state index contributed by atoms with van der Waals surface area (Å²) in [6.45, 7) is 1.76. The summed E-state index contributed by atoms with van der Waals surface area (Å²) in [6.07, 6.45) is 4.62. The van der Waals surface area contributed by atoms with Gasteiger partial charge in [0.25, 0.3) is 0 Å². The molecule has 5 nitrogen and oxygen atoms in total. The van der Waals surface area contributed by atoms with E-state index in [2.05, 4.69) is 0 Å². The normalized spacial score (nSPS) is 24.4. The summed E-state index contributed by atoms with van der Waals surface area (Å²) in [6, 6.07) is 0. The maximum absolute atomic E-state index is 10.9. The summed E-state index contributed by atoms with van der Waals surface area (Å²) < 4.78 is 4.90. The van der Waals surface area contributed by atoms with Gasteiger partial charge in [0, 0.05) is 6.42 Å². The summed E-state index contributed by atoms with van der Waals surface area (Å²) in [5.41, 5.74) is 0. The molecule has 0 spiro atoms. The number of hydrogen-bond acceptors (Lipinski definition) is 5. The zero-order chi connectivity index (χ0) is 14.3. The molecule has 3 N–H and O–H groups in total. The van der Waals surface area contributed by atoms with Crippen molar-refractivity contribution in [1.29, 1.82) is 0 Å². The number of unbranched alkanes of at least 4 members (excludes halogenated alkanes) is 2. The molecule has 0 bridgehead atoms. The van der Waals surface area contributed by atoms with E-state index in [4.69, 9.17) is 9.84 Å². The van der Waals surface area contributed by atoms with E-state index in [0.29, 0.717) is 12.8 Å². The van der Waals surface area contributed by atoms with E-state index in [9.17, 15) is 15.0 Å². The minimum absolute atomic E-state index is 0.270. The van der Waals surface area contributed by atoms with E-state index in [1.165, 1.54) is 0 Å². The fourth-order valence-electron chi connectivity index (χ4n) is 2.06. The second-order valence-electron chi connectivity index (χ2n) is 5.11. The Bertz CT molecular complexity index is 300. The molecule has 1 aliphatic rings. The van der Waals surface area contributed by atoms with Gasteiger partial charge >= 0.3 is 5.97 Å². The van der Waals surface area contributed by atoms with E-state index in [1.807, 2.05) is 6.08 Å². The summed E-state index contributed by atoms with van der Waals surface area (Å²) in [5, 5.41) is 28.6. The van der Waals surface area contributed by atoms with Crippen molar-refractivity contribution in [2.75, 3.05) is 0 Å². The van der Waals surface area contributed by atoms with Gasteiger partial charge in [-0.3, -0.25) is 4.79 Å². The third kappa shape index (κ3) is 6.18. The number of aliphatic hydroxyl groups is 3. The third-order valence-corrected chi connectivity index (χ3v) is 3.22. The van der Waals surface area contributed by atoms with E-state index >= 15 is 0 Å². The first-order valence-corrected chi connectivity index (χ1v) is 6.91. The zero-order valence-electron chi connectivity index (χ0n) is 11.4. The lowest BCUT2D eigenvalue weighted by Crippen LogP contribution is -2.36. The first-order valence-electron chi connectivity index (χ1n) is 6.91. The monoisotopic (exact) mass is 272 g/mol. The van der Waals surface area contributed by atoms with Gasteiger partial charge in [0.05, 0.1) is 6.10 Å². The summed E-state index contributed by atoms with van der Waals surface area (Å²) in [5.74, 6) is -0.321. The number of rotatable bonds is 8. The molecule has 110 valence electrons. The van der Waals surface area contributed by atoms with Gasteiger partial charge in [-0.25, -0.2) is 0 Å². The molecule has 0 aromatic rings. The SMILES string of the molecule is CC(O)CCCCC=CC(O)C(O)C1CCC(=O)O1. The van der Waals surface area contributed by atoms with E-state index in [0.717, 1.165) is 25.7 Å². The van der Waals surface area contributed by atoms with Gasteiger partial charge in [-0.15, -0.1) is 0 Å². The predicted molar refractivity (Wildman–Crippen MR) is 70.4 cm³/mol. The van der Waals surface area contributed by atoms with E-state index in [1.54, 1.807) is 13.0 Å². The fourth-order valence-corrected chi connectivity index (χ4v) is 2.06. The highest BCUT2D eigenvalue weighted by atomic mass is 16.6. The zero-order valence-corrected chi connectivity index (χ0v) is 11.4. The van der Waals surface area contributed by atoms with Crippen molar-refractivity contribution in [2.45, 2.75) is 69.9 Å². The largest absolute Gasteiger partial charge is 0.459 e. The third-order valence-electron chi connectivity index (χ3n) is 3.22. The number of hydrogen-bond donors (Lipinski definition) is 3. The maximum Gasteiger partial charge on any atom is 0.306 e. The van der Waals surface area contributed by atoms with Crippen LogP contribution in [-0.4, -0.2) is 45.7 Å². The van der Waals surface area contributed by atoms with Crippen molar-refractivity contribution in [3.05, 3.63) is 12.2 Å². The molecular formula is C14H24O5. The molecule has 0 radical (unpaired) electrons. The van der Waals surface area contributed by atoms with Crippen molar-refractivity contribution >= 4 is 5.97 Å². The molecule has 0 saturated carbocycles. The number of cyclic esters (lactones) is 1. The average Bonchev–Trinajstić information content (AvgIpc) is 2.78. The Balaban J connectivity index is 2.18. The van der Waals surface area contributed by atoms with Gasteiger partial charge in [-0.2, -0.15) is 0 Å². The number of esters is 1. The maximum atomic E-state index is 10.9. The molecule has 1 saturated heterocycles. The molecule has 0 aromatic heterocycles. The van der Waals surface area contributed by atoms with Gasteiger partial charge in [0.15, 0.2) is 0 Å². The molecule has 0 aromatic carbocycles. The van der Waals surface area contributed by atoms with Crippen LogP contribution in [-0.2, 0) is 9.53 Å². The number of carbonyl (C=O) groups is 1. The Labute approximate surface area is 113 Å². The molecule has 4 atom stereocenters. The Kier molecular flexibility index (Phi) is 7.05. The molecule has 5 heteroatoms. The smallest absolute Gasteiger partial charge is 0.306 e. The van der Waals surface area contributed by atoms with Crippen molar-refractivity contribution < 1.29 is 24.9 Å². The molecule has 1 fully saturated rings. The lowest BCUT2D eigenvalue weighted by Gasteiger charge is -2.19. The van der Waals surface area contributed by atoms with E-state index < -0.39 is 18.3 Å². The number of carbonyl (C=O) groups excluding carboxylic acids is 1. The molecule has 0 amide bonds. The number of allylic oxidation sites excluding steroid dienone is 1. The number of aliphatic hydroxyl groups excluding tert-OH is 3. The minimum atomic E-state index is -1.06. The van der Waals surface area contributed by atoms with Crippen molar-refractivity contribution in [3.63, 3.8) is 0 Å². The van der Waals surface area contributed by atoms with Crippen molar-refractivity contribution in [3.8, 4) is 0 Å². The Morgan fingerprint density at radius 2 is 2.11 bits per heavy atom. The summed E-state index contributed by atoms with van der Waals surface area (Å²) in [7, 11) is 0. The van der Waals surface area contributed by atoms with Crippen LogP contribution in [0.15, 0.2) is 12.2 Å². The first kappa shape index (κ1) is 16.1. The van der Waals surface area contributed by atoms with Gasteiger partial charge in [0.2, 0.25) is 0 Å². The van der Waals surface area contributed by atoms with Crippen LogP contribution in [0.25, 0.3) is 0 Å². The highest BCUT2D eigenvalue weighted by molar-refractivity contribution is 5.71. The van der Waals surface area contributed by atoms with Crippen molar-refractivity contribution in [1.82, 2.24) is 0 Å². The van der Waals surface area contributed by atoms with Crippen LogP contribution in [0.2, 0.25) is 0 Å². The van der Waals surface area contributed by atoms with Crippen LogP contribution in [0.4, 0.5) is 0 Å². The molecular weight excluding hydrogens is 248 g/mol. The predicted octanol–water partition coefficient (Wildman–Crippen LogP) is 0.911. The molecule has 4 unspecified atom stereocenters. The molecule has 19 heavy (non-hydrogen) atoms. The molecule has 1 aliphatic heterocycles. The van der Waals surface area contributed by atoms with Gasteiger partial charge < -0.3 is 20.1 Å². The van der Waals surface area contributed by atoms with E-state index in [-0.39, 0.29) is 12.1 Å². The summed E-state index contributed by atoms with van der Waals surface area (Å²) >= 11 is 0. The van der Waals surface area contributed by atoms with Crippen LogP contribution in [0, 0.1) is 0 Å². The van der Waals surface area contributed by atoms with Crippen LogP contribution < -0.4 is 0 Å². The standard InChI is InChI=1S/C14H24O5/c1-10(15)6-4-2-3-5-7-11(16)14(18)12-8-9-13(17)19-12/h5,7,10-12,14-16,18H,2-4,6,8-9H2,1H3. The fraction of sp³-hybridized carbons (Fsp3) is 0.786. The molecule has 1 rings (SSSR count). The highest BCUT2D eigenvalue weighted by Gasteiger charge is 2.33. The Hall–Kier alpha value is -0.910. The lowest BCUT2D eigenvalue weighted by molar-refractivity contribution is -0.147. The average molecular weight is 272 g/mol. The Morgan fingerprint density at radius 3 is 2.68 bits per heavy atom. The van der Waals surface area contributed by atoms with Crippen molar-refractivity contribution in [2.24, 2.45) is 0 Å². The molecule has 1 heterocycles. The summed E-state index contributed by atoms with van der Waals surface area (Å²) in [4.78, 5) is 10.9. The number of ether oxygens (including phenoxy) is 1. The van der Waals surface area contributed by atoms with Crippen LogP contribution in [0.1, 0.15) is 45.4 Å². The van der Waals surface area contributed by atoms with Gasteiger partial charge in [-0.1, -0.05) is 18.6 Å². The first-order chi connectivity index (χ1) is 9.00.